The summed E-state index contributed by atoms with van der Waals surface area (Å²) in [6, 6.07) is 16.3. The van der Waals surface area contributed by atoms with Gasteiger partial charge in [0.05, 0.1) is 0 Å². The molecule has 3 aromatic rings. The maximum absolute atomic E-state index is 11.9. The Hall–Kier alpha value is -3.12. The average Bonchev–Trinajstić information content (AvgIpc) is 2.70. The minimum Gasteiger partial charge on any atom is -0.492 e. The van der Waals surface area contributed by atoms with Crippen LogP contribution in [0.5, 0.6) is 5.75 Å². The van der Waals surface area contributed by atoms with E-state index in [1.54, 1.807) is 31.1 Å². The number of hydrogen-bond acceptors (Lipinski definition) is 5. The van der Waals surface area contributed by atoms with E-state index in [1.807, 2.05) is 43.3 Å². The number of rotatable bonds is 7. The van der Waals surface area contributed by atoms with Gasteiger partial charge in [-0.25, -0.2) is 4.79 Å². The Balaban J connectivity index is 1.51. The molecule has 2 aromatic carbocycles. The Morgan fingerprint density at radius 2 is 1.82 bits per heavy atom. The fourth-order valence-electron chi connectivity index (χ4n) is 2.73. The summed E-state index contributed by atoms with van der Waals surface area (Å²) in [4.78, 5) is 24.8. The summed E-state index contributed by atoms with van der Waals surface area (Å²) in [7, 11) is 3.48. The maximum Gasteiger partial charge on any atom is 0.336 e. The molecule has 0 radical (unpaired) electrons. The maximum atomic E-state index is 11.9. The second-order valence-electron chi connectivity index (χ2n) is 6.94. The zero-order chi connectivity index (χ0) is 20.1. The van der Waals surface area contributed by atoms with Gasteiger partial charge >= 0.3 is 5.63 Å². The molecule has 0 bridgehead atoms. The van der Waals surface area contributed by atoms with Crippen molar-refractivity contribution in [3.8, 4) is 5.75 Å². The Labute approximate surface area is 163 Å². The van der Waals surface area contributed by atoms with E-state index in [1.165, 1.54) is 6.07 Å². The predicted octanol–water partition coefficient (Wildman–Crippen LogP) is 3.05. The van der Waals surface area contributed by atoms with Crippen molar-refractivity contribution in [3.63, 3.8) is 0 Å². The summed E-state index contributed by atoms with van der Waals surface area (Å²) >= 11 is 0. The van der Waals surface area contributed by atoms with Crippen molar-refractivity contribution in [3.05, 3.63) is 76.1 Å². The van der Waals surface area contributed by atoms with E-state index in [2.05, 4.69) is 5.32 Å². The highest BCUT2D eigenvalue weighted by Gasteiger charge is 2.08. The molecule has 0 spiro atoms. The van der Waals surface area contributed by atoms with Crippen molar-refractivity contribution in [2.75, 3.05) is 20.7 Å². The fourth-order valence-corrected chi connectivity index (χ4v) is 2.73. The van der Waals surface area contributed by atoms with Crippen LogP contribution in [0.25, 0.3) is 11.0 Å². The first kappa shape index (κ1) is 19.6. The molecule has 0 aliphatic heterocycles. The van der Waals surface area contributed by atoms with Gasteiger partial charge in [-0.15, -0.1) is 0 Å². The number of nitrogens with zero attached hydrogens (tertiary/aromatic N) is 1. The third-order valence-corrected chi connectivity index (χ3v) is 4.36. The van der Waals surface area contributed by atoms with E-state index >= 15 is 0 Å². The highest BCUT2D eigenvalue weighted by Crippen LogP contribution is 2.19. The highest BCUT2D eigenvalue weighted by atomic mass is 16.5. The van der Waals surface area contributed by atoms with Gasteiger partial charge in [-0.2, -0.15) is 0 Å². The Morgan fingerprint density at radius 1 is 1.11 bits per heavy atom. The molecule has 0 saturated carbocycles. The molecule has 6 nitrogen and oxygen atoms in total. The first-order chi connectivity index (χ1) is 13.4. The first-order valence-corrected chi connectivity index (χ1v) is 9.13. The number of fused-ring (bicyclic) bond motifs is 1. The van der Waals surface area contributed by atoms with Gasteiger partial charge in [-0.05, 0) is 42.8 Å². The van der Waals surface area contributed by atoms with Crippen LogP contribution in [0.1, 0.15) is 22.8 Å². The third kappa shape index (κ3) is 4.98. The number of ether oxygens (including phenoxy) is 1. The van der Waals surface area contributed by atoms with E-state index in [0.29, 0.717) is 30.0 Å². The summed E-state index contributed by atoms with van der Waals surface area (Å²) in [6.07, 6.45) is 0. The van der Waals surface area contributed by atoms with Gasteiger partial charge in [0.2, 0.25) is 0 Å². The smallest absolute Gasteiger partial charge is 0.336 e. The van der Waals surface area contributed by atoms with E-state index < -0.39 is 0 Å². The molecule has 1 amide bonds. The molecule has 146 valence electrons. The average molecular weight is 380 g/mol. The largest absolute Gasteiger partial charge is 0.492 e. The minimum absolute atomic E-state index is 0.00695. The van der Waals surface area contributed by atoms with Crippen LogP contribution in [0.3, 0.4) is 0 Å². The zero-order valence-corrected chi connectivity index (χ0v) is 16.3. The molecule has 28 heavy (non-hydrogen) atoms. The van der Waals surface area contributed by atoms with E-state index in [9.17, 15) is 9.59 Å². The van der Waals surface area contributed by atoms with Crippen molar-refractivity contribution in [2.45, 2.75) is 19.5 Å². The molecule has 6 heteroatoms. The van der Waals surface area contributed by atoms with Crippen molar-refractivity contribution in [1.82, 2.24) is 10.2 Å². The fraction of sp³-hybridized carbons (Fsp3) is 0.273. The van der Waals surface area contributed by atoms with Crippen LogP contribution in [0.4, 0.5) is 0 Å². The molecule has 1 aromatic heterocycles. The summed E-state index contributed by atoms with van der Waals surface area (Å²) in [5.41, 5.74) is 1.90. The van der Waals surface area contributed by atoms with Crippen LogP contribution < -0.4 is 15.7 Å². The quantitative estimate of drug-likeness (QED) is 0.638. The molecular formula is C22H24N2O4. The highest BCUT2D eigenvalue weighted by molar-refractivity contribution is 5.93. The first-order valence-electron chi connectivity index (χ1n) is 9.13. The minimum atomic E-state index is -0.377. The molecule has 1 heterocycles. The second kappa shape index (κ2) is 8.71. The van der Waals surface area contributed by atoms with E-state index in [-0.39, 0.29) is 17.6 Å². The lowest BCUT2D eigenvalue weighted by atomic mass is 10.1. The lowest BCUT2D eigenvalue weighted by Gasteiger charge is -2.16. The van der Waals surface area contributed by atoms with Crippen molar-refractivity contribution < 1.29 is 13.9 Å². The summed E-state index contributed by atoms with van der Waals surface area (Å²) in [6.45, 7) is 3.18. The zero-order valence-electron chi connectivity index (χ0n) is 16.3. The molecule has 3 rings (SSSR count). The standard InChI is InChI=1S/C22H24N2O4/c1-15(23-13-16-4-6-18(7-5-16)22(26)24(2)3)14-27-19-10-8-17-9-11-21(25)28-20(17)12-19/h4-12,15,23H,13-14H2,1-3H3. The Bertz CT molecular complexity index is 1010. The summed E-state index contributed by atoms with van der Waals surface area (Å²) < 4.78 is 11.0. The van der Waals surface area contributed by atoms with E-state index in [4.69, 9.17) is 9.15 Å². The van der Waals surface area contributed by atoms with Gasteiger partial charge in [0.1, 0.15) is 17.9 Å². The summed E-state index contributed by atoms with van der Waals surface area (Å²) in [5.74, 6) is 0.648. The van der Waals surface area contributed by atoms with Crippen molar-refractivity contribution in [1.29, 1.82) is 0 Å². The van der Waals surface area contributed by atoms with Gasteiger partial charge in [-0.3, -0.25) is 4.79 Å². The molecule has 0 aliphatic carbocycles. The monoisotopic (exact) mass is 380 g/mol. The number of benzene rings is 2. The van der Waals surface area contributed by atoms with Crippen LogP contribution >= 0.6 is 0 Å². The molecule has 0 saturated heterocycles. The lowest BCUT2D eigenvalue weighted by molar-refractivity contribution is 0.0827. The number of hydrogen-bond donors (Lipinski definition) is 1. The second-order valence-corrected chi connectivity index (χ2v) is 6.94. The Kier molecular flexibility index (Phi) is 6.11. The van der Waals surface area contributed by atoms with Crippen molar-refractivity contribution in [2.24, 2.45) is 0 Å². The van der Waals surface area contributed by atoms with Gasteiger partial charge in [0.15, 0.2) is 0 Å². The van der Waals surface area contributed by atoms with Crippen LogP contribution in [0.2, 0.25) is 0 Å². The van der Waals surface area contributed by atoms with E-state index in [0.717, 1.165) is 10.9 Å². The van der Waals surface area contributed by atoms with Gasteiger partial charge in [0.25, 0.3) is 5.91 Å². The van der Waals surface area contributed by atoms with Crippen molar-refractivity contribution >= 4 is 16.9 Å². The molecule has 1 atom stereocenters. The molecule has 1 unspecified atom stereocenters. The van der Waals surface area contributed by atoms with Gasteiger partial charge in [0, 0.05) is 49.8 Å². The Morgan fingerprint density at radius 3 is 2.54 bits per heavy atom. The van der Waals surface area contributed by atoms with Gasteiger partial charge in [-0.1, -0.05) is 12.1 Å². The lowest BCUT2D eigenvalue weighted by Crippen LogP contribution is -2.31. The predicted molar refractivity (Wildman–Crippen MR) is 109 cm³/mol. The molecule has 1 N–H and O–H groups in total. The summed E-state index contributed by atoms with van der Waals surface area (Å²) in [5, 5.41) is 4.25. The van der Waals surface area contributed by atoms with Crippen LogP contribution in [0, 0.1) is 0 Å². The number of amides is 1. The number of carbonyl (C=O) groups excluding carboxylic acids is 1. The number of nitrogens with one attached hydrogen (secondary N) is 1. The van der Waals surface area contributed by atoms with Crippen LogP contribution in [-0.2, 0) is 6.54 Å². The number of carbonyl (C=O) groups is 1. The van der Waals surface area contributed by atoms with Crippen LogP contribution in [-0.4, -0.2) is 37.6 Å². The third-order valence-electron chi connectivity index (χ3n) is 4.36. The molecular weight excluding hydrogens is 356 g/mol. The molecule has 0 fully saturated rings. The topological polar surface area (TPSA) is 71.8 Å². The van der Waals surface area contributed by atoms with Gasteiger partial charge < -0.3 is 19.4 Å². The SMILES string of the molecule is CC(COc1ccc2ccc(=O)oc2c1)NCc1ccc(C(=O)N(C)C)cc1. The van der Waals surface area contributed by atoms with Crippen LogP contribution in [0.15, 0.2) is 63.8 Å². The normalized spacial score (nSPS) is 12.0. The molecule has 0 aliphatic rings.